The fraction of sp³-hybridized carbons (Fsp3) is 0.556. The van der Waals surface area contributed by atoms with Crippen molar-refractivity contribution in [2.75, 3.05) is 12.4 Å². The predicted molar refractivity (Wildman–Crippen MR) is 129 cm³/mol. The van der Waals surface area contributed by atoms with Crippen molar-refractivity contribution < 1.29 is 9.84 Å². The number of methoxy groups -OCH3 is 1. The highest BCUT2D eigenvalue weighted by molar-refractivity contribution is 5.47. The average molecular weight is 412 g/mol. The maximum Gasteiger partial charge on any atom is 0.118 e. The van der Waals surface area contributed by atoms with Crippen LogP contribution in [-0.4, -0.2) is 23.9 Å². The minimum absolute atomic E-state index is 0.0621. The lowest BCUT2D eigenvalue weighted by Gasteiger charge is -2.28. The van der Waals surface area contributed by atoms with Crippen molar-refractivity contribution in [3.8, 4) is 5.75 Å². The maximum atomic E-state index is 10.3. The van der Waals surface area contributed by atoms with Crippen molar-refractivity contribution >= 4 is 5.69 Å². The van der Waals surface area contributed by atoms with E-state index in [2.05, 4.69) is 62.5 Å². The Hall–Kier alpha value is -2.00. The first-order valence-corrected chi connectivity index (χ1v) is 11.6. The van der Waals surface area contributed by atoms with Gasteiger partial charge in [-0.2, -0.15) is 0 Å². The number of unbranched alkanes of at least 4 members (excludes halogenated alkanes) is 5. The predicted octanol–water partition coefficient (Wildman–Crippen LogP) is 6.78. The molecule has 0 aliphatic rings. The number of benzene rings is 2. The molecular formula is C27H41NO2. The number of ether oxygens (including phenoxy) is 1. The van der Waals surface area contributed by atoms with Gasteiger partial charge in [-0.1, -0.05) is 69.7 Å². The summed E-state index contributed by atoms with van der Waals surface area (Å²) in [7, 11) is 1.69. The van der Waals surface area contributed by atoms with Gasteiger partial charge in [-0.25, -0.2) is 0 Å². The fourth-order valence-electron chi connectivity index (χ4n) is 3.95. The number of hydrogen-bond acceptors (Lipinski definition) is 3. The third-order valence-corrected chi connectivity index (χ3v) is 5.60. The van der Waals surface area contributed by atoms with Crippen molar-refractivity contribution in [2.45, 2.75) is 90.2 Å². The highest BCUT2D eigenvalue weighted by Gasteiger charge is 2.18. The molecule has 2 N–H and O–H groups in total. The van der Waals surface area contributed by atoms with Gasteiger partial charge in [-0.15, -0.1) is 0 Å². The van der Waals surface area contributed by atoms with Crippen molar-refractivity contribution in [3.05, 3.63) is 59.7 Å². The van der Waals surface area contributed by atoms with Gasteiger partial charge in [-0.3, -0.25) is 0 Å². The molecule has 0 heterocycles. The fourth-order valence-corrected chi connectivity index (χ4v) is 3.95. The highest BCUT2D eigenvalue weighted by Crippen LogP contribution is 2.22. The highest BCUT2D eigenvalue weighted by atomic mass is 16.5. The van der Waals surface area contributed by atoms with Gasteiger partial charge in [0.25, 0.3) is 0 Å². The summed E-state index contributed by atoms with van der Waals surface area (Å²) in [4.78, 5) is 0. The van der Waals surface area contributed by atoms with E-state index in [1.54, 1.807) is 7.11 Å². The Bertz CT molecular complexity index is 707. The molecule has 166 valence electrons. The zero-order valence-electron chi connectivity index (χ0n) is 19.4. The number of nitrogens with one attached hydrogen (secondary N) is 1. The number of rotatable bonds is 14. The summed E-state index contributed by atoms with van der Waals surface area (Å²) in [6.07, 6.45) is 9.95. The van der Waals surface area contributed by atoms with Crippen molar-refractivity contribution in [3.63, 3.8) is 0 Å². The Balaban J connectivity index is 1.77. The van der Waals surface area contributed by atoms with Crippen LogP contribution in [0.2, 0.25) is 0 Å². The summed E-state index contributed by atoms with van der Waals surface area (Å²) < 4.78 is 5.24. The second-order valence-electron chi connectivity index (χ2n) is 9.15. The first-order chi connectivity index (χ1) is 14.4. The lowest BCUT2D eigenvalue weighted by atomic mass is 9.94. The van der Waals surface area contributed by atoms with Crippen LogP contribution in [0.25, 0.3) is 0 Å². The first-order valence-electron chi connectivity index (χ1n) is 11.6. The molecule has 1 atom stereocenters. The van der Waals surface area contributed by atoms with Crippen LogP contribution in [0, 0.1) is 0 Å². The van der Waals surface area contributed by atoms with E-state index in [0.29, 0.717) is 0 Å². The monoisotopic (exact) mass is 411 g/mol. The van der Waals surface area contributed by atoms with Crippen LogP contribution >= 0.6 is 0 Å². The number of hydrogen-bond donors (Lipinski definition) is 2. The quantitative estimate of drug-likeness (QED) is 0.337. The SMILES string of the molecule is CCCCCCCCC(O)Cc1ccc(NC(C)(C)Cc2ccc(OC)cc2)cc1. The Morgan fingerprint density at radius 3 is 2.10 bits per heavy atom. The minimum Gasteiger partial charge on any atom is -0.497 e. The van der Waals surface area contributed by atoms with E-state index in [-0.39, 0.29) is 11.6 Å². The van der Waals surface area contributed by atoms with Crippen LogP contribution in [0.5, 0.6) is 5.75 Å². The maximum absolute atomic E-state index is 10.3. The van der Waals surface area contributed by atoms with E-state index in [1.165, 1.54) is 43.2 Å². The first kappa shape index (κ1) is 24.3. The number of anilines is 1. The molecule has 0 saturated heterocycles. The zero-order valence-corrected chi connectivity index (χ0v) is 19.4. The van der Waals surface area contributed by atoms with Gasteiger partial charge in [0.05, 0.1) is 13.2 Å². The van der Waals surface area contributed by atoms with Gasteiger partial charge in [0.2, 0.25) is 0 Å². The molecule has 0 bridgehead atoms. The van der Waals surface area contributed by atoms with E-state index in [1.807, 2.05) is 12.1 Å². The topological polar surface area (TPSA) is 41.5 Å². The van der Waals surface area contributed by atoms with Crippen LogP contribution < -0.4 is 10.1 Å². The van der Waals surface area contributed by atoms with Gasteiger partial charge in [0.1, 0.15) is 5.75 Å². The van der Waals surface area contributed by atoms with E-state index in [4.69, 9.17) is 4.74 Å². The Morgan fingerprint density at radius 1 is 0.867 bits per heavy atom. The average Bonchev–Trinajstić information content (AvgIpc) is 2.72. The second kappa shape index (κ2) is 12.6. The van der Waals surface area contributed by atoms with Crippen molar-refractivity contribution in [1.29, 1.82) is 0 Å². The number of aliphatic hydroxyl groups is 1. The molecule has 0 aliphatic heterocycles. The third-order valence-electron chi connectivity index (χ3n) is 5.60. The van der Waals surface area contributed by atoms with E-state index in [0.717, 1.165) is 37.1 Å². The second-order valence-corrected chi connectivity index (χ2v) is 9.15. The van der Waals surface area contributed by atoms with Crippen LogP contribution in [0.15, 0.2) is 48.5 Å². The molecule has 0 radical (unpaired) electrons. The summed E-state index contributed by atoms with van der Waals surface area (Å²) in [5.41, 5.74) is 3.53. The smallest absolute Gasteiger partial charge is 0.118 e. The van der Waals surface area contributed by atoms with E-state index >= 15 is 0 Å². The summed E-state index contributed by atoms with van der Waals surface area (Å²) in [5.74, 6) is 0.888. The largest absolute Gasteiger partial charge is 0.497 e. The lowest BCUT2D eigenvalue weighted by molar-refractivity contribution is 0.161. The molecule has 0 aliphatic carbocycles. The summed E-state index contributed by atoms with van der Waals surface area (Å²) >= 11 is 0. The van der Waals surface area contributed by atoms with Gasteiger partial charge in [-0.05, 0) is 68.5 Å². The van der Waals surface area contributed by atoms with Crippen molar-refractivity contribution in [1.82, 2.24) is 0 Å². The minimum atomic E-state index is -0.235. The molecule has 1 unspecified atom stereocenters. The zero-order chi connectivity index (χ0) is 21.8. The molecule has 2 rings (SSSR count). The normalized spacial score (nSPS) is 12.6. The summed E-state index contributed by atoms with van der Waals surface area (Å²) in [6, 6.07) is 16.8. The Morgan fingerprint density at radius 2 is 1.47 bits per heavy atom. The number of aliphatic hydroxyl groups excluding tert-OH is 1. The molecule has 0 fully saturated rings. The molecule has 3 nitrogen and oxygen atoms in total. The molecule has 0 amide bonds. The van der Waals surface area contributed by atoms with Gasteiger partial charge in [0.15, 0.2) is 0 Å². The molecule has 2 aromatic carbocycles. The van der Waals surface area contributed by atoms with E-state index < -0.39 is 0 Å². The van der Waals surface area contributed by atoms with Gasteiger partial charge >= 0.3 is 0 Å². The lowest BCUT2D eigenvalue weighted by Crippen LogP contribution is -2.33. The molecule has 0 aromatic heterocycles. The standard InChI is InChI=1S/C27H41NO2/c1-5-6-7-8-9-10-11-25(29)20-22-12-16-24(17-13-22)28-27(2,3)21-23-14-18-26(30-4)19-15-23/h12-19,25,28-29H,5-11,20-21H2,1-4H3. The van der Waals surface area contributed by atoms with E-state index in [9.17, 15) is 5.11 Å². The molecule has 2 aromatic rings. The van der Waals surface area contributed by atoms with Gasteiger partial charge in [0, 0.05) is 11.2 Å². The van der Waals surface area contributed by atoms with Gasteiger partial charge < -0.3 is 15.2 Å². The molecule has 3 heteroatoms. The molecular weight excluding hydrogens is 370 g/mol. The van der Waals surface area contributed by atoms with Crippen LogP contribution in [0.4, 0.5) is 5.69 Å². The van der Waals surface area contributed by atoms with Crippen molar-refractivity contribution in [2.24, 2.45) is 0 Å². The summed E-state index contributed by atoms with van der Waals surface area (Å²) in [6.45, 7) is 6.68. The molecule has 30 heavy (non-hydrogen) atoms. The summed E-state index contributed by atoms with van der Waals surface area (Å²) in [5, 5.41) is 14.0. The Kier molecular flexibility index (Phi) is 10.2. The molecule has 0 spiro atoms. The Labute approximate surface area is 183 Å². The molecule has 0 saturated carbocycles. The van der Waals surface area contributed by atoms with Crippen LogP contribution in [-0.2, 0) is 12.8 Å². The third kappa shape index (κ3) is 9.21. The van der Waals surface area contributed by atoms with Crippen LogP contribution in [0.3, 0.4) is 0 Å². The van der Waals surface area contributed by atoms with Crippen LogP contribution in [0.1, 0.15) is 76.8 Å².